The highest BCUT2D eigenvalue weighted by atomic mass is 16.2. The van der Waals surface area contributed by atoms with Crippen LogP contribution in [-0.4, -0.2) is 28.7 Å². The smallest absolute Gasteiger partial charge is 0.307 e. The van der Waals surface area contributed by atoms with E-state index in [1.54, 1.807) is 29.2 Å². The maximum atomic E-state index is 12.8. The zero-order valence-corrected chi connectivity index (χ0v) is 13.2. The zero-order valence-electron chi connectivity index (χ0n) is 13.2. The van der Waals surface area contributed by atoms with Gasteiger partial charge in [0.25, 0.3) is 5.91 Å². The highest BCUT2D eigenvalue weighted by Gasteiger charge is 2.47. The molecule has 5 nitrogen and oxygen atoms in total. The Hall–Kier alpha value is -2.95. The fourth-order valence-electron chi connectivity index (χ4n) is 3.42. The van der Waals surface area contributed by atoms with Gasteiger partial charge in [-0.1, -0.05) is 36.4 Å². The van der Waals surface area contributed by atoms with Crippen LogP contribution in [0.3, 0.4) is 0 Å². The van der Waals surface area contributed by atoms with Gasteiger partial charge >= 0.3 is 6.03 Å². The van der Waals surface area contributed by atoms with Gasteiger partial charge in [0.15, 0.2) is 5.78 Å². The van der Waals surface area contributed by atoms with E-state index in [1.807, 2.05) is 24.3 Å². The van der Waals surface area contributed by atoms with E-state index in [0.29, 0.717) is 24.2 Å². The topological polar surface area (TPSA) is 57.7 Å². The van der Waals surface area contributed by atoms with E-state index in [0.717, 1.165) is 11.1 Å². The van der Waals surface area contributed by atoms with Gasteiger partial charge in [-0.2, -0.15) is 0 Å². The summed E-state index contributed by atoms with van der Waals surface area (Å²) < 4.78 is 0. The van der Waals surface area contributed by atoms with Crippen molar-refractivity contribution in [1.29, 1.82) is 0 Å². The molecule has 1 fully saturated rings. The lowest BCUT2D eigenvalue weighted by Gasteiger charge is -2.28. The average molecular weight is 320 g/mol. The Morgan fingerprint density at radius 1 is 1.04 bits per heavy atom. The van der Waals surface area contributed by atoms with Crippen LogP contribution >= 0.6 is 0 Å². The molecular formula is C19H16N2O3. The molecule has 0 spiro atoms. The first kappa shape index (κ1) is 14.6. The van der Waals surface area contributed by atoms with Crippen LogP contribution in [0.15, 0.2) is 48.5 Å². The third kappa shape index (κ3) is 2.12. The molecule has 5 heteroatoms. The first-order chi connectivity index (χ1) is 11.6. The first-order valence-corrected chi connectivity index (χ1v) is 7.88. The molecule has 2 aromatic rings. The van der Waals surface area contributed by atoms with Gasteiger partial charge in [0.1, 0.15) is 6.04 Å². The predicted molar refractivity (Wildman–Crippen MR) is 88.8 cm³/mol. The third-order valence-corrected chi connectivity index (χ3v) is 4.70. The number of fused-ring (bicyclic) bond motifs is 2. The minimum atomic E-state index is -0.464. The molecule has 4 rings (SSSR count). The van der Waals surface area contributed by atoms with Crippen LogP contribution in [0.4, 0.5) is 10.5 Å². The molecule has 0 bridgehead atoms. The number of carbonyl (C=O) groups is 3. The van der Waals surface area contributed by atoms with Crippen molar-refractivity contribution in [3.8, 4) is 0 Å². The van der Waals surface area contributed by atoms with Gasteiger partial charge in [-0.25, -0.2) is 9.69 Å². The molecule has 0 aromatic heterocycles. The molecule has 2 aromatic carbocycles. The second-order valence-electron chi connectivity index (χ2n) is 6.18. The minimum Gasteiger partial charge on any atom is -0.307 e. The fourth-order valence-corrected chi connectivity index (χ4v) is 3.42. The van der Waals surface area contributed by atoms with Crippen molar-refractivity contribution in [3.05, 3.63) is 65.2 Å². The molecule has 2 aliphatic heterocycles. The number of nitrogens with zero attached hydrogens (tertiary/aromatic N) is 2. The molecule has 120 valence electrons. The summed E-state index contributed by atoms with van der Waals surface area (Å²) in [4.78, 5) is 40.0. The van der Waals surface area contributed by atoms with Crippen molar-refractivity contribution in [2.24, 2.45) is 0 Å². The highest BCUT2D eigenvalue weighted by molar-refractivity contribution is 6.21. The molecule has 3 amide bonds. The van der Waals surface area contributed by atoms with Gasteiger partial charge in [0, 0.05) is 18.5 Å². The number of imide groups is 1. The van der Waals surface area contributed by atoms with E-state index < -0.39 is 6.04 Å². The molecule has 0 saturated carbocycles. The first-order valence-electron chi connectivity index (χ1n) is 7.88. The van der Waals surface area contributed by atoms with E-state index >= 15 is 0 Å². The van der Waals surface area contributed by atoms with Gasteiger partial charge in [0.05, 0.1) is 5.69 Å². The van der Waals surface area contributed by atoms with Gasteiger partial charge in [-0.05, 0) is 30.2 Å². The van der Waals surface area contributed by atoms with Crippen LogP contribution in [-0.2, 0) is 17.8 Å². The Morgan fingerprint density at radius 3 is 2.54 bits per heavy atom. The molecule has 1 saturated heterocycles. The van der Waals surface area contributed by atoms with Gasteiger partial charge in [0.2, 0.25) is 0 Å². The summed E-state index contributed by atoms with van der Waals surface area (Å²) in [5.41, 5.74) is 3.13. The molecule has 1 unspecified atom stereocenters. The number of urea groups is 1. The van der Waals surface area contributed by atoms with Crippen LogP contribution in [0.2, 0.25) is 0 Å². The van der Waals surface area contributed by atoms with Crippen molar-refractivity contribution in [2.75, 3.05) is 4.90 Å². The van der Waals surface area contributed by atoms with E-state index in [1.165, 1.54) is 11.8 Å². The molecule has 2 aliphatic rings. The number of amides is 3. The summed E-state index contributed by atoms with van der Waals surface area (Å²) in [6.45, 7) is 1.90. The van der Waals surface area contributed by atoms with Gasteiger partial charge < -0.3 is 4.90 Å². The lowest BCUT2D eigenvalue weighted by Crippen LogP contribution is -2.39. The van der Waals surface area contributed by atoms with E-state index in [2.05, 4.69) is 0 Å². The van der Waals surface area contributed by atoms with E-state index in [9.17, 15) is 14.4 Å². The molecular weight excluding hydrogens is 304 g/mol. The van der Waals surface area contributed by atoms with Gasteiger partial charge in [-0.3, -0.25) is 9.59 Å². The standard InChI is InChI=1S/C19H16N2O3/c1-12(22)13-7-4-8-16(9-13)21-18(23)17-10-14-5-2-3-6-15(14)11-20(17)19(21)24/h2-9,17H,10-11H2,1H3. The van der Waals surface area contributed by atoms with E-state index in [4.69, 9.17) is 0 Å². The number of carbonyl (C=O) groups excluding carboxylic acids is 3. The van der Waals surface area contributed by atoms with Crippen molar-refractivity contribution in [2.45, 2.75) is 25.9 Å². The summed E-state index contributed by atoms with van der Waals surface area (Å²) in [7, 11) is 0. The second kappa shape index (κ2) is 5.30. The highest BCUT2D eigenvalue weighted by Crippen LogP contribution is 2.33. The molecule has 2 heterocycles. The lowest BCUT2D eigenvalue weighted by molar-refractivity contribution is -0.120. The van der Waals surface area contributed by atoms with Crippen LogP contribution in [0.25, 0.3) is 0 Å². The minimum absolute atomic E-state index is 0.0962. The number of Topliss-reactive ketones (excluding diaryl/α,β-unsaturated/α-hetero) is 1. The van der Waals surface area contributed by atoms with Crippen molar-refractivity contribution in [1.82, 2.24) is 4.90 Å². The summed E-state index contributed by atoms with van der Waals surface area (Å²) >= 11 is 0. The number of hydrogen-bond acceptors (Lipinski definition) is 3. The normalized spacial score (nSPS) is 19.3. The Balaban J connectivity index is 1.71. The number of hydrogen-bond donors (Lipinski definition) is 0. The summed E-state index contributed by atoms with van der Waals surface area (Å²) in [6.07, 6.45) is 0.531. The van der Waals surface area contributed by atoms with Crippen LogP contribution in [0.5, 0.6) is 0 Å². The maximum absolute atomic E-state index is 12.8. The molecule has 1 atom stereocenters. The second-order valence-corrected chi connectivity index (χ2v) is 6.18. The molecule has 0 N–H and O–H groups in total. The van der Waals surface area contributed by atoms with Crippen LogP contribution in [0.1, 0.15) is 28.4 Å². The number of benzene rings is 2. The summed E-state index contributed by atoms with van der Waals surface area (Å²) in [5.74, 6) is -0.323. The third-order valence-electron chi connectivity index (χ3n) is 4.70. The molecule has 24 heavy (non-hydrogen) atoms. The van der Waals surface area contributed by atoms with Crippen molar-refractivity contribution >= 4 is 23.4 Å². The van der Waals surface area contributed by atoms with Crippen LogP contribution in [0, 0.1) is 0 Å². The Morgan fingerprint density at radius 2 is 1.79 bits per heavy atom. The molecule has 0 radical (unpaired) electrons. The van der Waals surface area contributed by atoms with Gasteiger partial charge in [-0.15, -0.1) is 0 Å². The lowest BCUT2D eigenvalue weighted by atomic mass is 9.95. The Labute approximate surface area is 139 Å². The summed E-state index contributed by atoms with van der Waals surface area (Å²) in [5, 5.41) is 0. The largest absolute Gasteiger partial charge is 0.332 e. The number of rotatable bonds is 2. The monoisotopic (exact) mass is 320 g/mol. The van der Waals surface area contributed by atoms with Crippen molar-refractivity contribution in [3.63, 3.8) is 0 Å². The number of anilines is 1. The maximum Gasteiger partial charge on any atom is 0.332 e. The van der Waals surface area contributed by atoms with Crippen LogP contribution < -0.4 is 4.90 Å². The zero-order chi connectivity index (χ0) is 16.8. The van der Waals surface area contributed by atoms with E-state index in [-0.39, 0.29) is 17.7 Å². The molecule has 0 aliphatic carbocycles. The summed E-state index contributed by atoms with van der Waals surface area (Å²) in [6, 6.07) is 13.8. The predicted octanol–water partition coefficient (Wildman–Crippen LogP) is 2.78. The Bertz CT molecular complexity index is 831. The fraction of sp³-hybridized carbons (Fsp3) is 0.211. The number of ketones is 1. The SMILES string of the molecule is CC(=O)c1cccc(N2C(=O)C3Cc4ccccc4CN3C2=O)c1. The van der Waals surface area contributed by atoms with Crippen molar-refractivity contribution < 1.29 is 14.4 Å². The quantitative estimate of drug-likeness (QED) is 0.631. The Kier molecular flexibility index (Phi) is 3.23. The average Bonchev–Trinajstić information content (AvgIpc) is 2.84.